The predicted octanol–water partition coefficient (Wildman–Crippen LogP) is -1.51. The zero-order chi connectivity index (χ0) is 7.49. The molecule has 0 rings (SSSR count). The van der Waals surface area contributed by atoms with E-state index in [0.717, 1.165) is 0 Å². The summed E-state index contributed by atoms with van der Waals surface area (Å²) in [7, 11) is -4.07. The number of Topliss-reactive ketones (excluding diaryl/α,β-unsaturated/α-hetero) is 1. The molecular formula is C3H6O5P+. The van der Waals surface area contributed by atoms with Gasteiger partial charge < -0.3 is 0 Å². The van der Waals surface area contributed by atoms with Gasteiger partial charge in [-0.15, -0.1) is 0 Å². The van der Waals surface area contributed by atoms with Crippen LogP contribution in [0.5, 0.6) is 0 Å². The Morgan fingerprint density at radius 3 is 2.00 bits per heavy atom. The quantitative estimate of drug-likeness (QED) is 0.260. The Bertz CT molecular complexity index is 125. The van der Waals surface area contributed by atoms with Gasteiger partial charge in [-0.3, -0.25) is 9.59 Å². The van der Waals surface area contributed by atoms with Crippen LogP contribution >= 0.6 is 7.94 Å². The monoisotopic (exact) mass is 153 g/mol. The minimum Gasteiger partial charge on any atom is -0.294 e. The first kappa shape index (κ1) is 8.65. The summed E-state index contributed by atoms with van der Waals surface area (Å²) in [6.07, 6.45) is -0.950. The molecule has 0 saturated heterocycles. The summed E-state index contributed by atoms with van der Waals surface area (Å²) < 4.78 is 0. The third kappa shape index (κ3) is 5.52. The number of carbonyl (C=O) groups is 2. The Hall–Kier alpha value is -0.350. The van der Waals surface area contributed by atoms with Crippen LogP contribution in [0.1, 0.15) is 0 Å². The second-order valence-electron chi connectivity index (χ2n) is 1.43. The Morgan fingerprint density at radius 2 is 1.89 bits per heavy atom. The van der Waals surface area contributed by atoms with E-state index < -0.39 is 19.9 Å². The van der Waals surface area contributed by atoms with Crippen LogP contribution < -0.4 is 0 Å². The van der Waals surface area contributed by atoms with Crippen LogP contribution in [0.15, 0.2) is 0 Å². The van der Waals surface area contributed by atoms with Gasteiger partial charge in [0.1, 0.15) is 0 Å². The second-order valence-corrected chi connectivity index (χ2v) is 3.14. The average Bonchev–Trinajstić information content (AvgIpc) is 1.62. The molecule has 0 bridgehead atoms. The molecule has 0 aromatic rings. The van der Waals surface area contributed by atoms with Crippen LogP contribution in [0, 0.1) is 0 Å². The maximum absolute atomic E-state index is 10.0. The lowest BCUT2D eigenvalue weighted by Crippen LogP contribution is -2.09. The molecule has 0 radical (unpaired) electrons. The highest BCUT2D eigenvalue weighted by atomic mass is 31.2. The van der Waals surface area contributed by atoms with Crippen molar-refractivity contribution in [3.05, 3.63) is 0 Å². The van der Waals surface area contributed by atoms with E-state index in [2.05, 4.69) is 0 Å². The highest BCUT2D eigenvalue weighted by Crippen LogP contribution is 2.43. The molecule has 0 aliphatic carbocycles. The molecule has 6 heteroatoms. The second kappa shape index (κ2) is 2.98. The van der Waals surface area contributed by atoms with Crippen molar-refractivity contribution in [3.63, 3.8) is 0 Å². The number of hydrogen-bond donors (Lipinski definition) is 3. The average molecular weight is 153 g/mol. The standard InChI is InChI=1S/C3H6O5P/c4-1-3(5)2-9(6,7)8/h1,6-8H,2H2/q+1. The van der Waals surface area contributed by atoms with Crippen LogP contribution in [-0.4, -0.2) is 32.9 Å². The predicted molar refractivity (Wildman–Crippen MR) is 29.5 cm³/mol. The fourth-order valence-corrected chi connectivity index (χ4v) is 0.739. The van der Waals surface area contributed by atoms with Gasteiger partial charge in [0.05, 0.1) is 0 Å². The van der Waals surface area contributed by atoms with Gasteiger partial charge in [0, 0.05) is 0 Å². The molecule has 0 aromatic heterocycles. The molecule has 0 amide bonds. The van der Waals surface area contributed by atoms with Crippen LogP contribution in [0.25, 0.3) is 0 Å². The fourth-order valence-electron chi connectivity index (χ4n) is 0.246. The highest BCUT2D eigenvalue weighted by Gasteiger charge is 2.33. The normalized spacial score (nSPS) is 11.0. The summed E-state index contributed by atoms with van der Waals surface area (Å²) in [6.45, 7) is 0. The maximum Gasteiger partial charge on any atom is 0.411 e. The van der Waals surface area contributed by atoms with Crippen molar-refractivity contribution in [1.82, 2.24) is 0 Å². The molecule has 0 heterocycles. The maximum atomic E-state index is 10.0. The Morgan fingerprint density at radius 1 is 1.44 bits per heavy atom. The van der Waals surface area contributed by atoms with E-state index in [9.17, 15) is 9.59 Å². The molecule has 0 aliphatic rings. The van der Waals surface area contributed by atoms with Crippen molar-refractivity contribution in [2.24, 2.45) is 0 Å². The summed E-state index contributed by atoms with van der Waals surface area (Å²) in [4.78, 5) is 44.0. The first-order valence-corrected chi connectivity index (χ1v) is 3.83. The van der Waals surface area contributed by atoms with Crippen LogP contribution in [0.4, 0.5) is 0 Å². The van der Waals surface area contributed by atoms with E-state index in [-0.39, 0.29) is 6.29 Å². The van der Waals surface area contributed by atoms with Crippen molar-refractivity contribution in [3.8, 4) is 0 Å². The van der Waals surface area contributed by atoms with Gasteiger partial charge in [0.25, 0.3) is 0 Å². The number of ketones is 1. The summed E-state index contributed by atoms with van der Waals surface area (Å²) in [6, 6.07) is 0. The third-order valence-electron chi connectivity index (χ3n) is 0.499. The first-order valence-electron chi connectivity index (χ1n) is 2.00. The van der Waals surface area contributed by atoms with Gasteiger partial charge >= 0.3 is 7.94 Å². The molecule has 0 aromatic carbocycles. The van der Waals surface area contributed by atoms with E-state index in [4.69, 9.17) is 14.7 Å². The Kier molecular flexibility index (Phi) is 2.87. The van der Waals surface area contributed by atoms with Crippen molar-refractivity contribution in [1.29, 1.82) is 0 Å². The number of rotatable bonds is 3. The molecule has 0 spiro atoms. The van der Waals surface area contributed by atoms with Crippen molar-refractivity contribution in [2.45, 2.75) is 0 Å². The third-order valence-corrected chi connectivity index (χ3v) is 1.24. The summed E-state index contributed by atoms with van der Waals surface area (Å²) in [5.41, 5.74) is 0. The minimum absolute atomic E-state index is 0.0720. The zero-order valence-corrected chi connectivity index (χ0v) is 5.28. The van der Waals surface area contributed by atoms with E-state index >= 15 is 0 Å². The van der Waals surface area contributed by atoms with Gasteiger partial charge in [-0.1, -0.05) is 0 Å². The van der Waals surface area contributed by atoms with Crippen molar-refractivity contribution in [2.75, 3.05) is 6.16 Å². The van der Waals surface area contributed by atoms with Crippen LogP contribution in [0.3, 0.4) is 0 Å². The van der Waals surface area contributed by atoms with Crippen molar-refractivity contribution >= 4 is 20.0 Å². The number of carbonyl (C=O) groups excluding carboxylic acids is 2. The molecule has 0 atom stereocenters. The van der Waals surface area contributed by atoms with Gasteiger partial charge in [-0.25, -0.2) is 0 Å². The molecule has 0 saturated carbocycles. The molecule has 9 heavy (non-hydrogen) atoms. The van der Waals surface area contributed by atoms with E-state index in [0.29, 0.717) is 0 Å². The topological polar surface area (TPSA) is 94.8 Å². The summed E-state index contributed by atoms with van der Waals surface area (Å²) >= 11 is 0. The lowest BCUT2D eigenvalue weighted by atomic mass is 10.5. The highest BCUT2D eigenvalue weighted by molar-refractivity contribution is 7.59. The van der Waals surface area contributed by atoms with E-state index in [1.165, 1.54) is 0 Å². The van der Waals surface area contributed by atoms with Gasteiger partial charge in [-0.05, 0) is 0 Å². The van der Waals surface area contributed by atoms with Gasteiger partial charge in [0.2, 0.25) is 11.9 Å². The van der Waals surface area contributed by atoms with Gasteiger partial charge in [-0.2, -0.15) is 14.7 Å². The summed E-state index contributed by atoms with van der Waals surface area (Å²) in [5, 5.41) is 0. The molecular weight excluding hydrogens is 147 g/mol. The molecule has 0 unspecified atom stereocenters. The largest absolute Gasteiger partial charge is 0.411 e. The number of hydrogen-bond acceptors (Lipinski definition) is 5. The van der Waals surface area contributed by atoms with Crippen molar-refractivity contribution < 1.29 is 24.3 Å². The Labute approximate surface area is 51.5 Å². The lowest BCUT2D eigenvalue weighted by Gasteiger charge is -1.97. The molecule has 0 aliphatic heterocycles. The number of aldehydes is 1. The molecule has 5 nitrogen and oxygen atoms in total. The molecule has 52 valence electrons. The SMILES string of the molecule is O=CC(=O)C[P+](O)(O)O. The van der Waals surface area contributed by atoms with Gasteiger partial charge in [0.15, 0.2) is 6.29 Å². The lowest BCUT2D eigenvalue weighted by molar-refractivity contribution is -0.128. The minimum atomic E-state index is -4.07. The van der Waals surface area contributed by atoms with Crippen LogP contribution in [-0.2, 0) is 9.59 Å². The first-order chi connectivity index (χ1) is 3.95. The van der Waals surface area contributed by atoms with E-state index in [1.54, 1.807) is 0 Å². The Balaban J connectivity index is 3.74. The van der Waals surface area contributed by atoms with E-state index in [1.807, 2.05) is 0 Å². The van der Waals surface area contributed by atoms with Crippen LogP contribution in [0.2, 0.25) is 0 Å². The fraction of sp³-hybridized carbons (Fsp3) is 0.333. The molecule has 3 N–H and O–H groups in total. The smallest absolute Gasteiger partial charge is 0.294 e. The zero-order valence-electron chi connectivity index (χ0n) is 4.39. The molecule has 0 fully saturated rings. The summed E-state index contributed by atoms with van der Waals surface area (Å²) in [5.74, 6) is -1.02.